The van der Waals surface area contributed by atoms with Crippen molar-refractivity contribution in [2.24, 2.45) is 0 Å². The summed E-state index contributed by atoms with van der Waals surface area (Å²) < 4.78 is 4.78. The van der Waals surface area contributed by atoms with E-state index >= 15 is 0 Å². The lowest BCUT2D eigenvalue weighted by atomic mass is 10.0. The fraction of sp³-hybridized carbons (Fsp3) is 0.333. The SMILES string of the molecule is CCCCC(NC(=O)c1ccc(N)c2ccccc12)C(=O)OC. The number of carbonyl (C=O) groups excluding carboxylic acids is 2. The number of fused-ring (bicyclic) bond motifs is 1. The summed E-state index contributed by atoms with van der Waals surface area (Å²) in [7, 11) is 1.33. The maximum atomic E-state index is 12.6. The fourth-order valence-electron chi connectivity index (χ4n) is 2.56. The molecule has 0 aliphatic carbocycles. The van der Waals surface area contributed by atoms with Crippen LogP contribution in [0.15, 0.2) is 36.4 Å². The van der Waals surface area contributed by atoms with Crippen molar-refractivity contribution in [3.63, 3.8) is 0 Å². The number of unbranched alkanes of at least 4 members (excludes halogenated alkanes) is 1. The van der Waals surface area contributed by atoms with Crippen LogP contribution in [0.25, 0.3) is 10.8 Å². The average Bonchev–Trinajstić information content (AvgIpc) is 2.58. The van der Waals surface area contributed by atoms with Crippen molar-refractivity contribution in [3.05, 3.63) is 42.0 Å². The van der Waals surface area contributed by atoms with E-state index < -0.39 is 12.0 Å². The number of anilines is 1. The van der Waals surface area contributed by atoms with Crippen LogP contribution in [0.1, 0.15) is 36.5 Å². The molecule has 1 atom stereocenters. The van der Waals surface area contributed by atoms with Gasteiger partial charge in [-0.15, -0.1) is 0 Å². The quantitative estimate of drug-likeness (QED) is 0.634. The molecular weight excluding hydrogens is 292 g/mol. The highest BCUT2D eigenvalue weighted by molar-refractivity contribution is 6.10. The molecule has 0 radical (unpaired) electrons. The van der Waals surface area contributed by atoms with E-state index in [1.165, 1.54) is 7.11 Å². The summed E-state index contributed by atoms with van der Waals surface area (Å²) in [6, 6.07) is 10.2. The van der Waals surface area contributed by atoms with Gasteiger partial charge in [0.15, 0.2) is 0 Å². The zero-order valence-corrected chi connectivity index (χ0v) is 13.5. The second kappa shape index (κ2) is 7.63. The number of hydrogen-bond donors (Lipinski definition) is 2. The maximum absolute atomic E-state index is 12.6. The molecule has 2 rings (SSSR count). The van der Waals surface area contributed by atoms with Crippen molar-refractivity contribution in [1.82, 2.24) is 5.32 Å². The molecule has 5 heteroatoms. The van der Waals surface area contributed by atoms with E-state index in [-0.39, 0.29) is 5.91 Å². The van der Waals surface area contributed by atoms with Crippen LogP contribution in [0, 0.1) is 0 Å². The number of methoxy groups -OCH3 is 1. The zero-order chi connectivity index (χ0) is 16.8. The Hall–Kier alpha value is -2.56. The smallest absolute Gasteiger partial charge is 0.328 e. The topological polar surface area (TPSA) is 81.4 Å². The van der Waals surface area contributed by atoms with Gasteiger partial charge >= 0.3 is 5.97 Å². The van der Waals surface area contributed by atoms with E-state index in [1.807, 2.05) is 31.2 Å². The molecular formula is C18H22N2O3. The minimum Gasteiger partial charge on any atom is -0.467 e. The standard InChI is InChI=1S/C18H22N2O3/c1-3-4-9-16(18(22)23-2)20-17(21)14-10-11-15(19)13-8-6-5-7-12(13)14/h5-8,10-11,16H,3-4,9,19H2,1-2H3,(H,20,21). The lowest BCUT2D eigenvalue weighted by Gasteiger charge is -2.17. The predicted molar refractivity (Wildman–Crippen MR) is 91.2 cm³/mol. The highest BCUT2D eigenvalue weighted by Crippen LogP contribution is 2.24. The molecule has 0 fully saturated rings. The van der Waals surface area contributed by atoms with Crippen LogP contribution >= 0.6 is 0 Å². The Morgan fingerprint density at radius 1 is 1.17 bits per heavy atom. The highest BCUT2D eigenvalue weighted by atomic mass is 16.5. The Labute approximate surface area is 135 Å². The van der Waals surface area contributed by atoms with E-state index in [9.17, 15) is 9.59 Å². The maximum Gasteiger partial charge on any atom is 0.328 e. The normalized spacial score (nSPS) is 11.9. The molecule has 0 aliphatic rings. The third-order valence-electron chi connectivity index (χ3n) is 3.84. The van der Waals surface area contributed by atoms with Gasteiger partial charge in [-0.1, -0.05) is 44.0 Å². The van der Waals surface area contributed by atoms with Crippen LogP contribution < -0.4 is 11.1 Å². The molecule has 1 amide bonds. The van der Waals surface area contributed by atoms with Crippen LogP contribution in [0.4, 0.5) is 5.69 Å². The summed E-state index contributed by atoms with van der Waals surface area (Å²) in [4.78, 5) is 24.4. The third kappa shape index (κ3) is 3.80. The lowest BCUT2D eigenvalue weighted by molar-refractivity contribution is -0.143. The largest absolute Gasteiger partial charge is 0.467 e. The molecule has 23 heavy (non-hydrogen) atoms. The lowest BCUT2D eigenvalue weighted by Crippen LogP contribution is -2.41. The zero-order valence-electron chi connectivity index (χ0n) is 13.5. The molecule has 2 aromatic rings. The second-order valence-corrected chi connectivity index (χ2v) is 5.44. The first-order chi connectivity index (χ1) is 11.1. The fourth-order valence-corrected chi connectivity index (χ4v) is 2.56. The molecule has 0 saturated carbocycles. The van der Waals surface area contributed by atoms with Crippen LogP contribution in [-0.2, 0) is 9.53 Å². The summed E-state index contributed by atoms with van der Waals surface area (Å²) >= 11 is 0. The van der Waals surface area contributed by atoms with Crippen molar-refractivity contribution in [1.29, 1.82) is 0 Å². The first-order valence-corrected chi connectivity index (χ1v) is 7.74. The summed E-state index contributed by atoms with van der Waals surface area (Å²) in [6.45, 7) is 2.03. The summed E-state index contributed by atoms with van der Waals surface area (Å²) in [6.07, 6.45) is 2.33. The number of amides is 1. The minimum atomic E-state index is -0.635. The van der Waals surface area contributed by atoms with E-state index in [0.29, 0.717) is 17.7 Å². The molecule has 122 valence electrons. The van der Waals surface area contributed by atoms with Crippen molar-refractivity contribution < 1.29 is 14.3 Å². The van der Waals surface area contributed by atoms with Gasteiger partial charge in [0, 0.05) is 16.6 Å². The Morgan fingerprint density at radius 2 is 1.87 bits per heavy atom. The van der Waals surface area contributed by atoms with Gasteiger partial charge in [-0.05, 0) is 23.9 Å². The number of esters is 1. The Balaban J connectivity index is 2.29. The van der Waals surface area contributed by atoms with Crippen molar-refractivity contribution in [3.8, 4) is 0 Å². The summed E-state index contributed by atoms with van der Waals surface area (Å²) in [5.74, 6) is -0.723. The Kier molecular flexibility index (Phi) is 5.57. The van der Waals surface area contributed by atoms with Gasteiger partial charge in [0.2, 0.25) is 0 Å². The second-order valence-electron chi connectivity index (χ2n) is 5.44. The van der Waals surface area contributed by atoms with Crippen LogP contribution in [0.3, 0.4) is 0 Å². The van der Waals surface area contributed by atoms with Crippen molar-refractivity contribution in [2.45, 2.75) is 32.2 Å². The Bertz CT molecular complexity index is 712. The molecule has 0 heterocycles. The molecule has 0 aromatic heterocycles. The third-order valence-corrected chi connectivity index (χ3v) is 3.84. The molecule has 0 bridgehead atoms. The van der Waals surface area contributed by atoms with E-state index in [2.05, 4.69) is 5.32 Å². The van der Waals surface area contributed by atoms with Gasteiger partial charge in [0.1, 0.15) is 6.04 Å². The number of carbonyl (C=O) groups is 2. The average molecular weight is 314 g/mol. The van der Waals surface area contributed by atoms with Gasteiger partial charge < -0.3 is 15.8 Å². The van der Waals surface area contributed by atoms with Crippen molar-refractivity contribution in [2.75, 3.05) is 12.8 Å². The van der Waals surface area contributed by atoms with Crippen LogP contribution in [0.2, 0.25) is 0 Å². The molecule has 2 aromatic carbocycles. The van der Waals surface area contributed by atoms with Gasteiger partial charge in [0.05, 0.1) is 7.11 Å². The van der Waals surface area contributed by atoms with Gasteiger partial charge in [-0.2, -0.15) is 0 Å². The van der Waals surface area contributed by atoms with E-state index in [1.54, 1.807) is 12.1 Å². The first kappa shape index (κ1) is 16.8. The Morgan fingerprint density at radius 3 is 2.52 bits per heavy atom. The number of ether oxygens (including phenoxy) is 1. The highest BCUT2D eigenvalue weighted by Gasteiger charge is 2.22. The minimum absolute atomic E-state index is 0.298. The summed E-state index contributed by atoms with van der Waals surface area (Å²) in [5.41, 5.74) is 7.07. The van der Waals surface area contributed by atoms with Crippen LogP contribution in [0.5, 0.6) is 0 Å². The number of benzene rings is 2. The molecule has 0 aliphatic heterocycles. The number of nitrogen functional groups attached to an aromatic ring is 1. The van der Waals surface area contributed by atoms with Gasteiger partial charge in [-0.25, -0.2) is 4.79 Å². The number of nitrogens with one attached hydrogen (secondary N) is 1. The van der Waals surface area contributed by atoms with Gasteiger partial charge in [-0.3, -0.25) is 4.79 Å². The molecule has 3 N–H and O–H groups in total. The molecule has 0 spiro atoms. The van der Waals surface area contributed by atoms with Crippen LogP contribution in [-0.4, -0.2) is 25.0 Å². The summed E-state index contributed by atoms with van der Waals surface area (Å²) in [5, 5.41) is 4.37. The number of hydrogen-bond acceptors (Lipinski definition) is 4. The molecule has 5 nitrogen and oxygen atoms in total. The van der Waals surface area contributed by atoms with E-state index in [4.69, 9.17) is 10.5 Å². The molecule has 1 unspecified atom stereocenters. The predicted octanol–water partition coefficient (Wildman–Crippen LogP) is 2.88. The van der Waals surface area contributed by atoms with Gasteiger partial charge in [0.25, 0.3) is 5.91 Å². The first-order valence-electron chi connectivity index (χ1n) is 7.74. The number of rotatable bonds is 6. The monoisotopic (exact) mass is 314 g/mol. The van der Waals surface area contributed by atoms with Crippen molar-refractivity contribution >= 4 is 28.3 Å². The number of nitrogens with two attached hydrogens (primary N) is 1. The van der Waals surface area contributed by atoms with E-state index in [0.717, 1.165) is 23.6 Å². The molecule has 0 saturated heterocycles.